The molecule has 0 bridgehead atoms. The zero-order valence-corrected chi connectivity index (χ0v) is 17.0. The van der Waals surface area contributed by atoms with Crippen LogP contribution in [0, 0.1) is 12.8 Å². The first kappa shape index (κ1) is 18.2. The Morgan fingerprint density at radius 2 is 1.52 bits per heavy atom. The molecule has 1 aliphatic carbocycles. The van der Waals surface area contributed by atoms with Gasteiger partial charge in [0, 0.05) is 34.8 Å². The van der Waals surface area contributed by atoms with Gasteiger partial charge in [-0.1, -0.05) is 73.9 Å². The quantitative estimate of drug-likeness (QED) is 0.352. The van der Waals surface area contributed by atoms with Crippen LogP contribution in [0.5, 0.6) is 0 Å². The number of nitrogens with zero attached hydrogens (tertiary/aromatic N) is 1. The molecule has 0 amide bonds. The summed E-state index contributed by atoms with van der Waals surface area (Å²) in [6.07, 6.45) is 8.76. The van der Waals surface area contributed by atoms with Crippen molar-refractivity contribution < 1.29 is 4.79 Å². The number of ketones is 1. The van der Waals surface area contributed by atoms with Crippen molar-refractivity contribution in [2.45, 2.75) is 45.6 Å². The molecule has 2 nitrogen and oxygen atoms in total. The van der Waals surface area contributed by atoms with Crippen LogP contribution in [0.15, 0.2) is 66.9 Å². The standard InChI is InChI=1S/C27H27NO/c1-19-15-16-24(22-12-6-5-11-21(19)22)27(29)25-18-28(17-20-9-3-2-4-10-20)26-14-8-7-13-23(25)26/h5-8,11-16,18,20H,2-4,9-10,17H2,1H3. The minimum atomic E-state index is 0.125. The molecule has 1 aromatic heterocycles. The average Bonchev–Trinajstić information content (AvgIpc) is 3.13. The molecule has 1 aliphatic rings. The highest BCUT2D eigenvalue weighted by Crippen LogP contribution is 2.31. The molecule has 0 unspecified atom stereocenters. The molecule has 146 valence electrons. The summed E-state index contributed by atoms with van der Waals surface area (Å²) < 4.78 is 2.33. The minimum Gasteiger partial charge on any atom is -0.346 e. The summed E-state index contributed by atoms with van der Waals surface area (Å²) in [4.78, 5) is 13.7. The molecule has 0 radical (unpaired) electrons. The van der Waals surface area contributed by atoms with Crippen molar-refractivity contribution in [3.8, 4) is 0 Å². The first-order chi connectivity index (χ1) is 14.2. The molecule has 0 aliphatic heterocycles. The van der Waals surface area contributed by atoms with Crippen molar-refractivity contribution in [2.75, 3.05) is 0 Å². The average molecular weight is 382 g/mol. The highest BCUT2D eigenvalue weighted by atomic mass is 16.1. The molecule has 0 N–H and O–H groups in total. The van der Waals surface area contributed by atoms with Gasteiger partial charge in [-0.05, 0) is 48.1 Å². The normalized spacial score (nSPS) is 15.2. The molecule has 0 saturated heterocycles. The lowest BCUT2D eigenvalue weighted by Gasteiger charge is -2.22. The topological polar surface area (TPSA) is 22.0 Å². The Kier molecular flexibility index (Phi) is 4.71. The van der Waals surface area contributed by atoms with Crippen LogP contribution in [0.1, 0.15) is 53.6 Å². The van der Waals surface area contributed by atoms with Gasteiger partial charge in [-0.2, -0.15) is 0 Å². The van der Waals surface area contributed by atoms with E-state index in [1.165, 1.54) is 43.2 Å². The highest BCUT2D eigenvalue weighted by Gasteiger charge is 2.21. The number of fused-ring (bicyclic) bond motifs is 2. The van der Waals surface area contributed by atoms with Gasteiger partial charge < -0.3 is 4.57 Å². The minimum absolute atomic E-state index is 0.125. The van der Waals surface area contributed by atoms with E-state index in [0.717, 1.165) is 39.7 Å². The van der Waals surface area contributed by atoms with E-state index in [-0.39, 0.29) is 5.78 Å². The fourth-order valence-corrected chi connectivity index (χ4v) is 5.02. The maximum atomic E-state index is 13.7. The number of carbonyl (C=O) groups excluding carboxylic acids is 1. The molecule has 5 rings (SSSR count). The number of aryl methyl sites for hydroxylation is 1. The number of carbonyl (C=O) groups is 1. The molecular formula is C27H27NO. The van der Waals surface area contributed by atoms with E-state index in [9.17, 15) is 4.79 Å². The highest BCUT2D eigenvalue weighted by molar-refractivity contribution is 6.21. The number of rotatable bonds is 4. The van der Waals surface area contributed by atoms with E-state index in [1.54, 1.807) is 0 Å². The summed E-state index contributed by atoms with van der Waals surface area (Å²) in [5.74, 6) is 0.850. The zero-order chi connectivity index (χ0) is 19.8. The molecule has 0 atom stereocenters. The number of aromatic nitrogens is 1. The van der Waals surface area contributed by atoms with Crippen LogP contribution in [-0.4, -0.2) is 10.4 Å². The molecule has 0 spiro atoms. The van der Waals surface area contributed by atoms with Crippen LogP contribution in [0.2, 0.25) is 0 Å². The van der Waals surface area contributed by atoms with Crippen molar-refractivity contribution in [2.24, 2.45) is 5.92 Å². The van der Waals surface area contributed by atoms with Gasteiger partial charge in [0.15, 0.2) is 5.78 Å². The monoisotopic (exact) mass is 381 g/mol. The van der Waals surface area contributed by atoms with E-state index < -0.39 is 0 Å². The molecule has 1 heterocycles. The van der Waals surface area contributed by atoms with Gasteiger partial charge >= 0.3 is 0 Å². The molecule has 1 saturated carbocycles. The van der Waals surface area contributed by atoms with E-state index >= 15 is 0 Å². The van der Waals surface area contributed by atoms with Crippen molar-refractivity contribution in [1.29, 1.82) is 0 Å². The lowest BCUT2D eigenvalue weighted by Crippen LogP contribution is -2.13. The first-order valence-corrected chi connectivity index (χ1v) is 10.8. The second kappa shape index (κ2) is 7.51. The van der Waals surface area contributed by atoms with E-state index in [0.29, 0.717) is 0 Å². The van der Waals surface area contributed by atoms with E-state index in [4.69, 9.17) is 0 Å². The van der Waals surface area contributed by atoms with Gasteiger partial charge in [0.25, 0.3) is 0 Å². The Balaban J connectivity index is 1.60. The Morgan fingerprint density at radius 1 is 0.828 bits per heavy atom. The third-order valence-electron chi connectivity index (χ3n) is 6.60. The van der Waals surface area contributed by atoms with Crippen LogP contribution in [0.25, 0.3) is 21.7 Å². The van der Waals surface area contributed by atoms with Crippen molar-refractivity contribution in [1.82, 2.24) is 4.57 Å². The zero-order valence-electron chi connectivity index (χ0n) is 17.0. The predicted molar refractivity (Wildman–Crippen MR) is 121 cm³/mol. The van der Waals surface area contributed by atoms with Crippen LogP contribution in [-0.2, 0) is 6.54 Å². The molecule has 1 fully saturated rings. The smallest absolute Gasteiger partial charge is 0.195 e. The van der Waals surface area contributed by atoms with Gasteiger partial charge in [0.05, 0.1) is 0 Å². The summed E-state index contributed by atoms with van der Waals surface area (Å²) in [6.45, 7) is 3.12. The summed E-state index contributed by atoms with van der Waals surface area (Å²) in [6, 6.07) is 20.7. The number of benzene rings is 3. The largest absolute Gasteiger partial charge is 0.346 e. The van der Waals surface area contributed by atoms with Gasteiger partial charge in [-0.25, -0.2) is 0 Å². The van der Waals surface area contributed by atoms with Crippen LogP contribution in [0.4, 0.5) is 0 Å². The lowest BCUT2D eigenvalue weighted by atomic mass is 9.89. The molecule has 4 aromatic rings. The molecule has 3 aromatic carbocycles. The first-order valence-electron chi connectivity index (χ1n) is 10.8. The second-order valence-corrected chi connectivity index (χ2v) is 8.52. The number of hydrogen-bond donors (Lipinski definition) is 0. The van der Waals surface area contributed by atoms with E-state index in [2.05, 4.69) is 54.1 Å². The molecule has 2 heteroatoms. The van der Waals surface area contributed by atoms with Gasteiger partial charge in [0.1, 0.15) is 0 Å². The van der Waals surface area contributed by atoms with Crippen molar-refractivity contribution in [3.63, 3.8) is 0 Å². The fourth-order valence-electron chi connectivity index (χ4n) is 5.02. The van der Waals surface area contributed by atoms with Gasteiger partial charge in [-0.3, -0.25) is 4.79 Å². The maximum absolute atomic E-state index is 13.7. The SMILES string of the molecule is Cc1ccc(C(=O)c2cn(CC3CCCCC3)c3ccccc23)c2ccccc12. The van der Waals surface area contributed by atoms with Crippen LogP contribution >= 0.6 is 0 Å². The summed E-state index contributed by atoms with van der Waals surface area (Å²) in [5.41, 5.74) is 4.01. The van der Waals surface area contributed by atoms with Crippen molar-refractivity contribution >= 4 is 27.5 Å². The fraction of sp³-hybridized carbons (Fsp3) is 0.296. The van der Waals surface area contributed by atoms with E-state index in [1.807, 2.05) is 24.3 Å². The second-order valence-electron chi connectivity index (χ2n) is 8.52. The Morgan fingerprint density at radius 3 is 2.31 bits per heavy atom. The number of para-hydroxylation sites is 1. The summed E-state index contributed by atoms with van der Waals surface area (Å²) in [5, 5.41) is 3.27. The Bertz CT molecular complexity index is 1190. The van der Waals surface area contributed by atoms with Crippen LogP contribution < -0.4 is 0 Å². The molecule has 29 heavy (non-hydrogen) atoms. The van der Waals surface area contributed by atoms with Crippen LogP contribution in [0.3, 0.4) is 0 Å². The Hall–Kier alpha value is -2.87. The maximum Gasteiger partial charge on any atom is 0.195 e. The van der Waals surface area contributed by atoms with Gasteiger partial charge in [0.2, 0.25) is 0 Å². The number of hydrogen-bond acceptors (Lipinski definition) is 1. The predicted octanol–water partition coefficient (Wildman–Crippen LogP) is 6.91. The summed E-state index contributed by atoms with van der Waals surface area (Å²) in [7, 11) is 0. The van der Waals surface area contributed by atoms with Crippen molar-refractivity contribution in [3.05, 3.63) is 83.6 Å². The Labute approximate surface area is 172 Å². The third kappa shape index (κ3) is 3.27. The third-order valence-corrected chi connectivity index (χ3v) is 6.60. The molecular weight excluding hydrogens is 354 g/mol. The lowest BCUT2D eigenvalue weighted by molar-refractivity contribution is 0.104. The summed E-state index contributed by atoms with van der Waals surface area (Å²) >= 11 is 0. The van der Waals surface area contributed by atoms with Gasteiger partial charge in [-0.15, -0.1) is 0 Å².